The van der Waals surface area contributed by atoms with Gasteiger partial charge in [0.1, 0.15) is 13.2 Å². The average molecular weight is 274 g/mol. The van der Waals surface area contributed by atoms with Crippen molar-refractivity contribution in [1.29, 1.82) is 0 Å². The maximum atomic E-state index is 11.0. The molecule has 0 fully saturated rings. The smallest absolute Gasteiger partial charge is 0.294 e. The van der Waals surface area contributed by atoms with Crippen LogP contribution in [-0.2, 0) is 42.4 Å². The average Bonchev–Trinajstić information content (AvgIpc) is 2.32. The second-order valence-corrected chi connectivity index (χ2v) is 4.70. The molecular weight excluding hydrogens is 264 g/mol. The molecule has 0 aromatic heterocycles. The van der Waals surface area contributed by atoms with Crippen LogP contribution in [0, 0.1) is 0 Å². The molecule has 18 heavy (non-hydrogen) atoms. The Balaban J connectivity index is 3.11. The standard InChI is InChI=1S/C10H10O7S/c11-6-16-4-8-1-9(5-17-7-12)3-10(2-8)18(13,14)15/h1-3,6-7H,4-5H2,(H,13,14,15). The van der Waals surface area contributed by atoms with Gasteiger partial charge >= 0.3 is 0 Å². The minimum absolute atomic E-state index is 0.152. The predicted octanol–water partition coefficient (Wildman–Crippen LogP) is 0.279. The lowest BCUT2D eigenvalue weighted by atomic mass is 10.1. The van der Waals surface area contributed by atoms with Gasteiger partial charge in [-0.2, -0.15) is 8.42 Å². The lowest BCUT2D eigenvalue weighted by molar-refractivity contribution is -0.130. The van der Waals surface area contributed by atoms with Crippen LogP contribution >= 0.6 is 0 Å². The molecular formula is C10H10O7S. The first kappa shape index (κ1) is 14.1. The molecule has 7 nitrogen and oxygen atoms in total. The van der Waals surface area contributed by atoms with Crippen LogP contribution in [0.15, 0.2) is 23.1 Å². The Bertz CT molecular complexity index is 505. The summed E-state index contributed by atoms with van der Waals surface area (Å²) < 4.78 is 39.9. The largest absolute Gasteiger partial charge is 0.463 e. The summed E-state index contributed by atoms with van der Waals surface area (Å²) >= 11 is 0. The van der Waals surface area contributed by atoms with Gasteiger partial charge in [0.2, 0.25) is 0 Å². The van der Waals surface area contributed by atoms with Gasteiger partial charge in [-0.15, -0.1) is 0 Å². The molecule has 0 unspecified atom stereocenters. The number of rotatable bonds is 7. The maximum absolute atomic E-state index is 11.0. The predicted molar refractivity (Wildman–Crippen MR) is 58.0 cm³/mol. The third kappa shape index (κ3) is 4.15. The first-order chi connectivity index (χ1) is 8.47. The molecule has 0 atom stereocenters. The quantitative estimate of drug-likeness (QED) is 0.562. The Labute approximate surface area is 103 Å². The Morgan fingerprint density at radius 1 is 1.00 bits per heavy atom. The molecule has 0 radical (unpaired) electrons. The van der Waals surface area contributed by atoms with E-state index in [4.69, 9.17) is 4.55 Å². The van der Waals surface area contributed by atoms with Crippen molar-refractivity contribution in [3.63, 3.8) is 0 Å². The third-order valence-corrected chi connectivity index (χ3v) is 2.79. The summed E-state index contributed by atoms with van der Waals surface area (Å²) in [6.45, 7) is 0.116. The van der Waals surface area contributed by atoms with Gasteiger partial charge in [0.25, 0.3) is 23.1 Å². The van der Waals surface area contributed by atoms with Crippen LogP contribution in [0.5, 0.6) is 0 Å². The maximum Gasteiger partial charge on any atom is 0.294 e. The fourth-order valence-electron chi connectivity index (χ4n) is 1.30. The molecule has 0 aliphatic rings. The molecule has 1 N–H and O–H groups in total. The van der Waals surface area contributed by atoms with E-state index in [2.05, 4.69) is 9.47 Å². The van der Waals surface area contributed by atoms with Crippen molar-refractivity contribution < 1.29 is 32.0 Å². The van der Waals surface area contributed by atoms with Crippen molar-refractivity contribution in [3.05, 3.63) is 29.3 Å². The summed E-state index contributed by atoms with van der Waals surface area (Å²) in [5, 5.41) is 0. The molecule has 0 saturated carbocycles. The number of carbonyl (C=O) groups excluding carboxylic acids is 2. The van der Waals surface area contributed by atoms with Gasteiger partial charge in [-0.1, -0.05) is 0 Å². The molecule has 1 aromatic rings. The molecule has 1 aromatic carbocycles. The molecule has 0 aliphatic heterocycles. The summed E-state index contributed by atoms with van der Waals surface area (Å²) in [5.74, 6) is 0. The zero-order valence-corrected chi connectivity index (χ0v) is 9.92. The van der Waals surface area contributed by atoms with Gasteiger partial charge in [-0.25, -0.2) is 0 Å². The van der Waals surface area contributed by atoms with Crippen LogP contribution in [0.25, 0.3) is 0 Å². The van der Waals surface area contributed by atoms with E-state index in [1.807, 2.05) is 0 Å². The van der Waals surface area contributed by atoms with Crippen LogP contribution < -0.4 is 0 Å². The van der Waals surface area contributed by atoms with E-state index in [1.54, 1.807) is 0 Å². The van der Waals surface area contributed by atoms with Crippen molar-refractivity contribution in [1.82, 2.24) is 0 Å². The summed E-state index contributed by atoms with van der Waals surface area (Å²) in [6.07, 6.45) is 0. The van der Waals surface area contributed by atoms with E-state index in [0.717, 1.165) is 12.1 Å². The zero-order chi connectivity index (χ0) is 13.6. The van der Waals surface area contributed by atoms with E-state index < -0.39 is 10.1 Å². The summed E-state index contributed by atoms with van der Waals surface area (Å²) in [4.78, 5) is 19.8. The fourth-order valence-corrected chi connectivity index (χ4v) is 1.91. The number of hydrogen-bond acceptors (Lipinski definition) is 6. The van der Waals surface area contributed by atoms with Crippen LogP contribution in [0.3, 0.4) is 0 Å². The van der Waals surface area contributed by atoms with Gasteiger partial charge in [0, 0.05) is 0 Å². The van der Waals surface area contributed by atoms with Crippen molar-refractivity contribution in [2.75, 3.05) is 0 Å². The Hall–Kier alpha value is -1.93. The highest BCUT2D eigenvalue weighted by Crippen LogP contribution is 2.16. The molecule has 0 heterocycles. The van der Waals surface area contributed by atoms with Crippen molar-refractivity contribution in [2.24, 2.45) is 0 Å². The molecule has 1 rings (SSSR count). The highest BCUT2D eigenvalue weighted by atomic mass is 32.2. The minimum atomic E-state index is -4.39. The van der Waals surface area contributed by atoms with Gasteiger partial charge in [-0.05, 0) is 29.3 Å². The van der Waals surface area contributed by atoms with E-state index in [-0.39, 0.29) is 31.1 Å². The van der Waals surface area contributed by atoms with E-state index in [9.17, 15) is 18.0 Å². The second-order valence-electron chi connectivity index (χ2n) is 3.27. The van der Waals surface area contributed by atoms with E-state index >= 15 is 0 Å². The van der Waals surface area contributed by atoms with Crippen molar-refractivity contribution in [3.8, 4) is 0 Å². The van der Waals surface area contributed by atoms with Crippen LogP contribution in [0.1, 0.15) is 11.1 Å². The molecule has 98 valence electrons. The first-order valence-electron chi connectivity index (χ1n) is 4.68. The molecule has 0 bridgehead atoms. The lowest BCUT2D eigenvalue weighted by Crippen LogP contribution is -2.03. The van der Waals surface area contributed by atoms with Gasteiger partial charge in [0.05, 0.1) is 4.90 Å². The Morgan fingerprint density at radius 2 is 1.44 bits per heavy atom. The molecule has 0 aliphatic carbocycles. The SMILES string of the molecule is O=COCc1cc(COC=O)cc(S(=O)(=O)O)c1. The Morgan fingerprint density at radius 3 is 1.78 bits per heavy atom. The molecule has 0 amide bonds. The van der Waals surface area contributed by atoms with E-state index in [0.29, 0.717) is 11.1 Å². The highest BCUT2D eigenvalue weighted by molar-refractivity contribution is 7.85. The molecule has 8 heteroatoms. The number of carbonyl (C=O) groups is 2. The van der Waals surface area contributed by atoms with Gasteiger partial charge in [0.15, 0.2) is 0 Å². The monoisotopic (exact) mass is 274 g/mol. The lowest BCUT2D eigenvalue weighted by Gasteiger charge is -2.07. The fraction of sp³-hybridized carbons (Fsp3) is 0.200. The normalized spacial score (nSPS) is 10.7. The first-order valence-corrected chi connectivity index (χ1v) is 6.12. The topological polar surface area (TPSA) is 107 Å². The zero-order valence-electron chi connectivity index (χ0n) is 9.11. The van der Waals surface area contributed by atoms with Crippen molar-refractivity contribution >= 4 is 23.1 Å². The number of ether oxygens (including phenoxy) is 2. The van der Waals surface area contributed by atoms with Crippen molar-refractivity contribution in [2.45, 2.75) is 18.1 Å². The summed E-state index contributed by atoms with van der Waals surface area (Å²) in [7, 11) is -4.39. The Kier molecular flexibility index (Phi) is 4.81. The van der Waals surface area contributed by atoms with E-state index in [1.165, 1.54) is 6.07 Å². The molecule has 0 saturated heterocycles. The number of benzene rings is 1. The highest BCUT2D eigenvalue weighted by Gasteiger charge is 2.12. The number of hydrogen-bond donors (Lipinski definition) is 1. The van der Waals surface area contributed by atoms with Crippen LogP contribution in [0.2, 0.25) is 0 Å². The summed E-state index contributed by atoms with van der Waals surface area (Å²) in [6, 6.07) is 3.80. The summed E-state index contributed by atoms with van der Waals surface area (Å²) in [5.41, 5.74) is 0.698. The van der Waals surface area contributed by atoms with Crippen LogP contribution in [0.4, 0.5) is 0 Å². The second kappa shape index (κ2) is 6.12. The van der Waals surface area contributed by atoms with Gasteiger partial charge < -0.3 is 9.47 Å². The van der Waals surface area contributed by atoms with Gasteiger partial charge in [-0.3, -0.25) is 14.1 Å². The minimum Gasteiger partial charge on any atom is -0.463 e. The van der Waals surface area contributed by atoms with Crippen LogP contribution in [-0.4, -0.2) is 25.9 Å². The molecule has 0 spiro atoms. The third-order valence-electron chi connectivity index (χ3n) is 1.96.